The van der Waals surface area contributed by atoms with Gasteiger partial charge in [-0.05, 0) is 23.8 Å². The molecule has 0 aliphatic carbocycles. The van der Waals surface area contributed by atoms with Crippen LogP contribution in [0.4, 0.5) is 10.5 Å². The van der Waals surface area contributed by atoms with E-state index < -0.39 is 12.1 Å². The minimum atomic E-state index is -0.648. The predicted octanol–water partition coefficient (Wildman–Crippen LogP) is 3.22. The molecular formula is C20H19NO5. The molecule has 0 radical (unpaired) electrons. The summed E-state index contributed by atoms with van der Waals surface area (Å²) < 4.78 is 14.8. The molecule has 0 saturated heterocycles. The number of carbonyl (C=O) groups excluding carboxylic acids is 2. The lowest BCUT2D eigenvalue weighted by Gasteiger charge is -2.10. The van der Waals surface area contributed by atoms with Crippen molar-refractivity contribution in [2.75, 3.05) is 26.1 Å². The highest BCUT2D eigenvalue weighted by molar-refractivity contribution is 5.93. The smallest absolute Gasteiger partial charge is 0.411 e. The number of amides is 1. The van der Waals surface area contributed by atoms with E-state index in [-0.39, 0.29) is 13.2 Å². The lowest BCUT2D eigenvalue weighted by Crippen LogP contribution is -2.15. The molecule has 134 valence electrons. The summed E-state index contributed by atoms with van der Waals surface area (Å²) in [7, 11) is 2.82. The van der Waals surface area contributed by atoms with Crippen LogP contribution in [0.2, 0.25) is 0 Å². The maximum Gasteiger partial charge on any atom is 0.411 e. The van der Waals surface area contributed by atoms with Crippen molar-refractivity contribution in [3.05, 3.63) is 65.2 Å². The van der Waals surface area contributed by atoms with Crippen molar-refractivity contribution in [2.24, 2.45) is 0 Å². The zero-order valence-electron chi connectivity index (χ0n) is 14.6. The van der Waals surface area contributed by atoms with E-state index in [1.165, 1.54) is 20.3 Å². The molecule has 0 aliphatic heterocycles. The van der Waals surface area contributed by atoms with E-state index in [0.717, 1.165) is 5.56 Å². The fourth-order valence-electron chi connectivity index (χ4n) is 2.07. The molecule has 2 rings (SSSR count). The SMILES string of the molecule is COCC#Cc1ccc(C(=O)OC)cc1NC(=O)OCc1ccccc1. The Bertz CT molecular complexity index is 821. The van der Waals surface area contributed by atoms with Crippen LogP contribution < -0.4 is 5.32 Å². The molecule has 1 amide bonds. The fraction of sp³-hybridized carbons (Fsp3) is 0.200. The minimum Gasteiger partial charge on any atom is -0.465 e. The molecule has 1 N–H and O–H groups in total. The van der Waals surface area contributed by atoms with Crippen molar-refractivity contribution >= 4 is 17.7 Å². The number of esters is 1. The van der Waals surface area contributed by atoms with Crippen molar-refractivity contribution in [3.8, 4) is 11.8 Å². The van der Waals surface area contributed by atoms with Crippen molar-refractivity contribution in [3.63, 3.8) is 0 Å². The predicted molar refractivity (Wildman–Crippen MR) is 96.8 cm³/mol. The van der Waals surface area contributed by atoms with Crippen LogP contribution in [0.1, 0.15) is 21.5 Å². The molecule has 0 fully saturated rings. The van der Waals surface area contributed by atoms with E-state index in [0.29, 0.717) is 16.8 Å². The highest BCUT2D eigenvalue weighted by atomic mass is 16.5. The number of benzene rings is 2. The van der Waals surface area contributed by atoms with Gasteiger partial charge in [-0.15, -0.1) is 0 Å². The van der Waals surface area contributed by atoms with Crippen LogP contribution in [0.3, 0.4) is 0 Å². The number of ether oxygens (including phenoxy) is 3. The molecule has 0 aliphatic rings. The van der Waals surface area contributed by atoms with Crippen LogP contribution in [0.5, 0.6) is 0 Å². The van der Waals surface area contributed by atoms with E-state index in [4.69, 9.17) is 14.2 Å². The van der Waals surface area contributed by atoms with E-state index in [2.05, 4.69) is 17.2 Å². The maximum atomic E-state index is 12.1. The van der Waals surface area contributed by atoms with Crippen LogP contribution >= 0.6 is 0 Å². The highest BCUT2D eigenvalue weighted by Crippen LogP contribution is 2.18. The first-order chi connectivity index (χ1) is 12.6. The number of hydrogen-bond acceptors (Lipinski definition) is 5. The largest absolute Gasteiger partial charge is 0.465 e. The Hall–Kier alpha value is -3.30. The van der Waals surface area contributed by atoms with Crippen LogP contribution in [-0.2, 0) is 20.8 Å². The van der Waals surface area contributed by atoms with Crippen LogP contribution in [0.15, 0.2) is 48.5 Å². The van der Waals surface area contributed by atoms with Gasteiger partial charge in [0.05, 0.1) is 18.4 Å². The van der Waals surface area contributed by atoms with Crippen molar-refractivity contribution in [1.82, 2.24) is 0 Å². The van der Waals surface area contributed by atoms with Crippen LogP contribution in [0, 0.1) is 11.8 Å². The molecule has 0 bridgehead atoms. The third-order valence-corrected chi connectivity index (χ3v) is 3.33. The van der Waals surface area contributed by atoms with Crippen LogP contribution in [0.25, 0.3) is 0 Å². The number of methoxy groups -OCH3 is 2. The number of hydrogen-bond donors (Lipinski definition) is 1. The Morgan fingerprint density at radius 1 is 1.08 bits per heavy atom. The average molecular weight is 353 g/mol. The summed E-state index contributed by atoms with van der Waals surface area (Å²) in [6.45, 7) is 0.380. The van der Waals surface area contributed by atoms with Crippen molar-refractivity contribution in [1.29, 1.82) is 0 Å². The maximum absolute atomic E-state index is 12.1. The van der Waals surface area contributed by atoms with Crippen molar-refractivity contribution < 1.29 is 23.8 Å². The Morgan fingerprint density at radius 2 is 1.85 bits per heavy atom. The first-order valence-electron chi connectivity index (χ1n) is 7.82. The molecule has 0 saturated carbocycles. The third kappa shape index (κ3) is 5.65. The lowest BCUT2D eigenvalue weighted by molar-refractivity contribution is 0.0600. The quantitative estimate of drug-likeness (QED) is 0.660. The Labute approximate surface area is 152 Å². The standard InChI is InChI=1S/C20H19NO5/c1-24-12-6-9-16-10-11-17(19(22)25-2)13-18(16)21-20(23)26-14-15-7-4-3-5-8-15/h3-5,7-8,10-11,13H,12,14H2,1-2H3,(H,21,23). The summed E-state index contributed by atoms with van der Waals surface area (Å²) in [5.74, 6) is 5.17. The monoisotopic (exact) mass is 353 g/mol. The topological polar surface area (TPSA) is 73.9 Å². The zero-order valence-corrected chi connectivity index (χ0v) is 14.6. The molecule has 0 heterocycles. The van der Waals surface area contributed by atoms with Gasteiger partial charge in [-0.2, -0.15) is 0 Å². The van der Waals surface area contributed by atoms with Gasteiger partial charge in [-0.3, -0.25) is 5.32 Å². The Morgan fingerprint density at radius 3 is 2.54 bits per heavy atom. The molecule has 0 aromatic heterocycles. The van der Waals surface area contributed by atoms with E-state index in [9.17, 15) is 9.59 Å². The summed E-state index contributed by atoms with van der Waals surface area (Å²) in [6, 6.07) is 14.0. The second-order valence-electron chi connectivity index (χ2n) is 5.17. The molecule has 6 heteroatoms. The average Bonchev–Trinajstić information content (AvgIpc) is 2.67. The van der Waals surface area contributed by atoms with Crippen molar-refractivity contribution in [2.45, 2.75) is 6.61 Å². The summed E-state index contributed by atoms with van der Waals surface area (Å²) in [6.07, 6.45) is -0.648. The van der Waals surface area contributed by atoms with Gasteiger partial charge in [0, 0.05) is 12.7 Å². The van der Waals surface area contributed by atoms with Crippen LogP contribution in [-0.4, -0.2) is 32.9 Å². The lowest BCUT2D eigenvalue weighted by atomic mass is 10.1. The van der Waals surface area contributed by atoms with Gasteiger partial charge in [-0.1, -0.05) is 42.2 Å². The van der Waals surface area contributed by atoms with E-state index in [1.54, 1.807) is 12.1 Å². The van der Waals surface area contributed by atoms with E-state index in [1.807, 2.05) is 30.3 Å². The highest BCUT2D eigenvalue weighted by Gasteiger charge is 2.12. The minimum absolute atomic E-state index is 0.133. The number of carbonyl (C=O) groups is 2. The summed E-state index contributed by atoms with van der Waals surface area (Å²) in [5, 5.41) is 2.61. The fourth-order valence-corrected chi connectivity index (χ4v) is 2.07. The number of anilines is 1. The second kappa shape index (κ2) is 9.87. The van der Waals surface area contributed by atoms with Gasteiger partial charge in [0.2, 0.25) is 0 Å². The second-order valence-corrected chi connectivity index (χ2v) is 5.17. The van der Waals surface area contributed by atoms with Gasteiger partial charge in [0.1, 0.15) is 13.2 Å². The van der Waals surface area contributed by atoms with E-state index >= 15 is 0 Å². The summed E-state index contributed by atoms with van der Waals surface area (Å²) >= 11 is 0. The summed E-state index contributed by atoms with van der Waals surface area (Å²) in [5.41, 5.74) is 2.05. The number of rotatable bonds is 5. The van der Waals surface area contributed by atoms with Gasteiger partial charge in [0.25, 0.3) is 0 Å². The molecule has 0 unspecified atom stereocenters. The molecule has 0 atom stereocenters. The molecule has 0 spiro atoms. The normalized spacial score (nSPS) is 9.62. The molecular weight excluding hydrogens is 334 g/mol. The molecule has 6 nitrogen and oxygen atoms in total. The van der Waals surface area contributed by atoms with Gasteiger partial charge < -0.3 is 14.2 Å². The Kier molecular flexibility index (Phi) is 7.22. The van der Waals surface area contributed by atoms with Gasteiger partial charge in [0.15, 0.2) is 0 Å². The zero-order chi connectivity index (χ0) is 18.8. The first kappa shape index (κ1) is 19.0. The molecule has 2 aromatic carbocycles. The summed E-state index contributed by atoms with van der Waals surface area (Å²) in [4.78, 5) is 23.8. The number of nitrogens with one attached hydrogen (secondary N) is 1. The van der Waals surface area contributed by atoms with Gasteiger partial charge in [-0.25, -0.2) is 9.59 Å². The first-order valence-corrected chi connectivity index (χ1v) is 7.82. The third-order valence-electron chi connectivity index (χ3n) is 3.33. The Balaban J connectivity index is 2.14. The van der Waals surface area contributed by atoms with Gasteiger partial charge >= 0.3 is 12.1 Å². The molecule has 26 heavy (non-hydrogen) atoms. The molecule has 2 aromatic rings.